The number of piperidine rings is 1. The summed E-state index contributed by atoms with van der Waals surface area (Å²) in [5.41, 5.74) is 3.74. The molecule has 6 heteroatoms. The number of nitrogens with one attached hydrogen (secondary N) is 1. The van der Waals surface area contributed by atoms with Gasteiger partial charge in [0.05, 0.1) is 11.0 Å². The second-order valence-electron chi connectivity index (χ2n) is 10.0. The van der Waals surface area contributed by atoms with Gasteiger partial charge in [0.25, 0.3) is 5.91 Å². The Bertz CT molecular complexity index is 1080. The van der Waals surface area contributed by atoms with Crippen molar-refractivity contribution in [1.29, 1.82) is 0 Å². The van der Waals surface area contributed by atoms with Gasteiger partial charge in [-0.15, -0.1) is 0 Å². The fraction of sp³-hybridized carbons (Fsp3) is 0.533. The second-order valence-corrected chi connectivity index (χ2v) is 10.0. The van der Waals surface area contributed by atoms with Crippen molar-refractivity contribution in [1.82, 2.24) is 19.4 Å². The van der Waals surface area contributed by atoms with Gasteiger partial charge in [-0.3, -0.25) is 4.79 Å². The van der Waals surface area contributed by atoms with Crippen molar-refractivity contribution in [2.45, 2.75) is 71.8 Å². The molecule has 1 fully saturated rings. The highest BCUT2D eigenvalue weighted by Crippen LogP contribution is 2.25. The molecule has 0 atom stereocenters. The van der Waals surface area contributed by atoms with E-state index in [1.54, 1.807) is 0 Å². The molecule has 0 radical (unpaired) electrons. The largest absolute Gasteiger partial charge is 0.339 e. The standard InChI is InChI=1S/C30H43N5O/c1-3-5-21-34(22-6-4-2)29(36)25-16-17-27-28(24-25)35(23-13-20-33-18-11-8-12-19-33)30(32-27)31-26-14-9-7-10-15-26/h7,9-10,14-17,24H,3-6,8,11-13,18-23H2,1-2H3,(H,31,32). The van der Waals surface area contributed by atoms with E-state index in [0.717, 1.165) is 86.5 Å². The minimum absolute atomic E-state index is 0.137. The Morgan fingerprint density at radius 1 is 0.917 bits per heavy atom. The molecule has 4 rings (SSSR count). The lowest BCUT2D eigenvalue weighted by molar-refractivity contribution is 0.0751. The number of carbonyl (C=O) groups excluding carboxylic acids is 1. The summed E-state index contributed by atoms with van der Waals surface area (Å²) in [5.74, 6) is 0.978. The SMILES string of the molecule is CCCCN(CCCC)C(=O)c1ccc2nc(Nc3ccccc3)n(CCCN3CCCCC3)c2c1. The summed E-state index contributed by atoms with van der Waals surface area (Å²) in [6.07, 6.45) is 9.30. The van der Waals surface area contributed by atoms with Crippen molar-refractivity contribution in [2.75, 3.05) is 38.0 Å². The molecule has 1 N–H and O–H groups in total. The zero-order valence-corrected chi connectivity index (χ0v) is 22.2. The molecule has 0 aliphatic carbocycles. The van der Waals surface area contributed by atoms with Gasteiger partial charge in [-0.05, 0) is 82.1 Å². The lowest BCUT2D eigenvalue weighted by Gasteiger charge is -2.26. The molecule has 1 aliphatic rings. The molecule has 0 saturated carbocycles. The first-order chi connectivity index (χ1) is 17.7. The van der Waals surface area contributed by atoms with Crippen molar-refractivity contribution >= 4 is 28.6 Å². The van der Waals surface area contributed by atoms with Crippen LogP contribution in [0.4, 0.5) is 11.6 Å². The van der Waals surface area contributed by atoms with Crippen molar-refractivity contribution in [3.8, 4) is 0 Å². The molecule has 194 valence electrons. The van der Waals surface area contributed by atoms with E-state index in [4.69, 9.17) is 4.98 Å². The normalized spacial score (nSPS) is 14.3. The molecule has 1 aromatic heterocycles. The van der Waals surface area contributed by atoms with Gasteiger partial charge >= 0.3 is 0 Å². The first-order valence-corrected chi connectivity index (χ1v) is 14.0. The van der Waals surface area contributed by atoms with E-state index >= 15 is 0 Å². The Kier molecular flexibility index (Phi) is 9.79. The fourth-order valence-electron chi connectivity index (χ4n) is 5.06. The number of rotatable bonds is 13. The average molecular weight is 490 g/mol. The van der Waals surface area contributed by atoms with Crippen LogP contribution in [0.1, 0.15) is 75.6 Å². The first-order valence-electron chi connectivity index (χ1n) is 14.0. The van der Waals surface area contributed by atoms with Gasteiger partial charge in [0, 0.05) is 30.9 Å². The zero-order valence-electron chi connectivity index (χ0n) is 22.2. The summed E-state index contributed by atoms with van der Waals surface area (Å²) < 4.78 is 2.27. The van der Waals surface area contributed by atoms with Gasteiger partial charge in [0.15, 0.2) is 0 Å². The molecule has 0 spiro atoms. The van der Waals surface area contributed by atoms with E-state index in [2.05, 4.69) is 46.8 Å². The number of carbonyl (C=O) groups is 1. The highest BCUT2D eigenvalue weighted by Gasteiger charge is 2.19. The van der Waals surface area contributed by atoms with Crippen molar-refractivity contribution in [3.05, 3.63) is 54.1 Å². The number of hydrogen-bond donors (Lipinski definition) is 1. The van der Waals surface area contributed by atoms with Crippen LogP contribution < -0.4 is 5.32 Å². The van der Waals surface area contributed by atoms with Crippen molar-refractivity contribution < 1.29 is 4.79 Å². The first kappa shape index (κ1) is 26.2. The maximum absolute atomic E-state index is 13.5. The molecule has 0 bridgehead atoms. The van der Waals surface area contributed by atoms with Crippen molar-refractivity contribution in [3.63, 3.8) is 0 Å². The highest BCUT2D eigenvalue weighted by molar-refractivity contribution is 5.98. The molecule has 2 heterocycles. The van der Waals surface area contributed by atoms with Crippen LogP contribution in [0.3, 0.4) is 0 Å². The van der Waals surface area contributed by atoms with Gasteiger partial charge in [0.2, 0.25) is 5.95 Å². The lowest BCUT2D eigenvalue weighted by atomic mass is 10.1. The molecule has 1 aliphatic heterocycles. The summed E-state index contributed by atoms with van der Waals surface area (Å²) in [5, 5.41) is 3.52. The van der Waals surface area contributed by atoms with Crippen molar-refractivity contribution in [2.24, 2.45) is 0 Å². The third-order valence-electron chi connectivity index (χ3n) is 7.18. The van der Waals surface area contributed by atoms with Gasteiger partial charge in [0.1, 0.15) is 0 Å². The Balaban J connectivity index is 1.60. The summed E-state index contributed by atoms with van der Waals surface area (Å²) in [7, 11) is 0. The molecular formula is C30H43N5O. The van der Waals surface area contributed by atoms with Crippen LogP contribution >= 0.6 is 0 Å². The fourth-order valence-corrected chi connectivity index (χ4v) is 5.06. The molecule has 1 saturated heterocycles. The van der Waals surface area contributed by atoms with Gasteiger partial charge < -0.3 is 19.7 Å². The Hall–Kier alpha value is -2.86. The van der Waals surface area contributed by atoms with Gasteiger partial charge in [-0.2, -0.15) is 0 Å². The number of fused-ring (bicyclic) bond motifs is 1. The number of amides is 1. The molecule has 36 heavy (non-hydrogen) atoms. The van der Waals surface area contributed by atoms with Crippen LogP contribution in [0.25, 0.3) is 11.0 Å². The minimum Gasteiger partial charge on any atom is -0.339 e. The number of aromatic nitrogens is 2. The van der Waals surface area contributed by atoms with Gasteiger partial charge in [-0.1, -0.05) is 51.3 Å². The zero-order chi connectivity index (χ0) is 25.2. The van der Waals surface area contributed by atoms with E-state index in [9.17, 15) is 4.79 Å². The Morgan fingerprint density at radius 3 is 2.33 bits per heavy atom. The molecular weight excluding hydrogens is 446 g/mol. The van der Waals surface area contributed by atoms with Crippen LogP contribution in [-0.4, -0.2) is 58.0 Å². The summed E-state index contributed by atoms with van der Waals surface area (Å²) in [6.45, 7) is 10.4. The minimum atomic E-state index is 0.137. The predicted molar refractivity (Wildman–Crippen MR) is 150 cm³/mol. The number of aryl methyl sites for hydroxylation is 1. The molecule has 3 aromatic rings. The third-order valence-corrected chi connectivity index (χ3v) is 7.18. The van der Waals surface area contributed by atoms with E-state index < -0.39 is 0 Å². The number of anilines is 2. The number of imidazole rings is 1. The Morgan fingerprint density at radius 2 is 1.64 bits per heavy atom. The molecule has 6 nitrogen and oxygen atoms in total. The van der Waals surface area contributed by atoms with E-state index in [1.807, 2.05) is 35.2 Å². The predicted octanol–water partition coefficient (Wildman–Crippen LogP) is 6.70. The monoisotopic (exact) mass is 489 g/mol. The second kappa shape index (κ2) is 13.4. The van der Waals surface area contributed by atoms with E-state index in [1.165, 1.54) is 32.4 Å². The average Bonchev–Trinajstić information content (AvgIpc) is 3.25. The van der Waals surface area contributed by atoms with E-state index in [0.29, 0.717) is 0 Å². The topological polar surface area (TPSA) is 53.4 Å². The third kappa shape index (κ3) is 6.88. The molecule has 1 amide bonds. The number of para-hydroxylation sites is 1. The number of likely N-dealkylation sites (tertiary alicyclic amines) is 1. The summed E-state index contributed by atoms with van der Waals surface area (Å²) in [6, 6.07) is 16.2. The van der Waals surface area contributed by atoms with E-state index in [-0.39, 0.29) is 5.91 Å². The van der Waals surface area contributed by atoms with Gasteiger partial charge in [-0.25, -0.2) is 4.98 Å². The summed E-state index contributed by atoms with van der Waals surface area (Å²) in [4.78, 5) is 23.1. The smallest absolute Gasteiger partial charge is 0.253 e. The quantitative estimate of drug-likeness (QED) is 0.290. The van der Waals surface area contributed by atoms with Crippen LogP contribution in [0, 0.1) is 0 Å². The van der Waals surface area contributed by atoms with Crippen LogP contribution in [0.5, 0.6) is 0 Å². The number of nitrogens with zero attached hydrogens (tertiary/aromatic N) is 4. The Labute approximate surface area is 216 Å². The maximum atomic E-state index is 13.5. The maximum Gasteiger partial charge on any atom is 0.253 e. The van der Waals surface area contributed by atoms with Crippen LogP contribution in [0.2, 0.25) is 0 Å². The molecule has 2 aromatic carbocycles. The molecule has 0 unspecified atom stereocenters. The number of hydrogen-bond acceptors (Lipinski definition) is 4. The van der Waals surface area contributed by atoms with Crippen LogP contribution in [-0.2, 0) is 6.54 Å². The lowest BCUT2D eigenvalue weighted by Crippen LogP contribution is -2.33. The highest BCUT2D eigenvalue weighted by atomic mass is 16.2. The number of benzene rings is 2. The van der Waals surface area contributed by atoms with Crippen LogP contribution in [0.15, 0.2) is 48.5 Å². The number of unbranched alkanes of at least 4 members (excludes halogenated alkanes) is 2. The summed E-state index contributed by atoms with van der Waals surface area (Å²) >= 11 is 0.